The first-order valence-corrected chi connectivity index (χ1v) is 8.10. The summed E-state index contributed by atoms with van der Waals surface area (Å²) in [6.45, 7) is 0.841. The number of anilines is 2. The lowest BCUT2D eigenvalue weighted by atomic mass is 10.1. The number of methoxy groups -OCH3 is 1. The second kappa shape index (κ2) is 9.44. The van der Waals surface area contributed by atoms with Crippen LogP contribution in [0, 0.1) is 0 Å². The third-order valence-corrected chi connectivity index (χ3v) is 3.63. The minimum absolute atomic E-state index is 0.153. The normalized spacial score (nSPS) is 10.3. The summed E-state index contributed by atoms with van der Waals surface area (Å²) in [5.74, 6) is -0.400. The van der Waals surface area contributed by atoms with Crippen molar-refractivity contribution in [3.63, 3.8) is 0 Å². The van der Waals surface area contributed by atoms with Crippen molar-refractivity contribution in [3.8, 4) is 0 Å². The van der Waals surface area contributed by atoms with Gasteiger partial charge in [0.05, 0.1) is 17.9 Å². The van der Waals surface area contributed by atoms with E-state index >= 15 is 0 Å². The van der Waals surface area contributed by atoms with Gasteiger partial charge in [0.2, 0.25) is 5.91 Å². The zero-order valence-corrected chi connectivity index (χ0v) is 14.2. The average molecular weight is 341 g/mol. The number of carbonyl (C=O) groups is 2. The van der Waals surface area contributed by atoms with E-state index in [4.69, 9.17) is 10.5 Å². The third-order valence-electron chi connectivity index (χ3n) is 3.63. The molecule has 6 heteroatoms. The van der Waals surface area contributed by atoms with Crippen LogP contribution in [0.25, 0.3) is 0 Å². The SMILES string of the molecule is COCCNC(=O)c1ccccc1NC(=O)CCc1cccc(N)c1. The number of carbonyl (C=O) groups excluding carboxylic acids is 2. The molecule has 0 saturated carbocycles. The zero-order chi connectivity index (χ0) is 18.1. The Balaban J connectivity index is 1.95. The van der Waals surface area contributed by atoms with Crippen molar-refractivity contribution in [3.05, 3.63) is 59.7 Å². The van der Waals surface area contributed by atoms with E-state index in [0.717, 1.165) is 5.56 Å². The lowest BCUT2D eigenvalue weighted by molar-refractivity contribution is -0.116. The van der Waals surface area contributed by atoms with Crippen LogP contribution in [0.15, 0.2) is 48.5 Å². The number of nitrogens with one attached hydrogen (secondary N) is 2. The van der Waals surface area contributed by atoms with Crippen molar-refractivity contribution in [1.29, 1.82) is 0 Å². The quantitative estimate of drug-likeness (QED) is 0.507. The van der Waals surface area contributed by atoms with Crippen molar-refractivity contribution >= 4 is 23.2 Å². The van der Waals surface area contributed by atoms with Gasteiger partial charge in [-0.25, -0.2) is 0 Å². The predicted molar refractivity (Wildman–Crippen MR) is 98.5 cm³/mol. The molecule has 25 heavy (non-hydrogen) atoms. The highest BCUT2D eigenvalue weighted by molar-refractivity contribution is 6.03. The molecule has 2 aromatic rings. The number of ether oxygens (including phenoxy) is 1. The Morgan fingerprint density at radius 3 is 2.68 bits per heavy atom. The molecule has 0 spiro atoms. The van der Waals surface area contributed by atoms with Crippen molar-refractivity contribution in [2.24, 2.45) is 0 Å². The van der Waals surface area contributed by atoms with Gasteiger partial charge in [0.25, 0.3) is 5.91 Å². The fourth-order valence-corrected chi connectivity index (χ4v) is 2.37. The molecule has 0 fully saturated rings. The van der Waals surface area contributed by atoms with E-state index in [-0.39, 0.29) is 11.8 Å². The zero-order valence-electron chi connectivity index (χ0n) is 14.2. The number of hydrogen-bond acceptors (Lipinski definition) is 4. The van der Waals surface area contributed by atoms with Gasteiger partial charge in [-0.2, -0.15) is 0 Å². The average Bonchev–Trinajstić information content (AvgIpc) is 2.61. The first-order chi connectivity index (χ1) is 12.1. The van der Waals surface area contributed by atoms with Crippen LogP contribution >= 0.6 is 0 Å². The Hall–Kier alpha value is -2.86. The van der Waals surface area contributed by atoms with Crippen molar-refractivity contribution in [2.45, 2.75) is 12.8 Å². The van der Waals surface area contributed by atoms with Crippen LogP contribution in [-0.4, -0.2) is 32.1 Å². The van der Waals surface area contributed by atoms with E-state index in [9.17, 15) is 9.59 Å². The van der Waals surface area contributed by atoms with E-state index in [0.29, 0.717) is 42.9 Å². The van der Waals surface area contributed by atoms with Crippen LogP contribution < -0.4 is 16.4 Å². The molecule has 2 rings (SSSR count). The van der Waals surface area contributed by atoms with Crippen LogP contribution in [0.2, 0.25) is 0 Å². The molecule has 0 aliphatic rings. The predicted octanol–water partition coefficient (Wildman–Crippen LogP) is 2.22. The van der Waals surface area contributed by atoms with Crippen molar-refractivity contribution in [1.82, 2.24) is 5.32 Å². The summed E-state index contributed by atoms with van der Waals surface area (Å²) in [4.78, 5) is 24.4. The number of para-hydroxylation sites is 1. The van der Waals surface area contributed by atoms with E-state index in [2.05, 4.69) is 10.6 Å². The Bertz CT molecular complexity index is 731. The van der Waals surface area contributed by atoms with E-state index in [1.807, 2.05) is 24.3 Å². The molecule has 2 amide bonds. The van der Waals surface area contributed by atoms with Gasteiger partial charge in [-0.05, 0) is 36.2 Å². The smallest absolute Gasteiger partial charge is 0.253 e. The summed E-state index contributed by atoms with van der Waals surface area (Å²) < 4.78 is 4.91. The van der Waals surface area contributed by atoms with Crippen LogP contribution in [0.4, 0.5) is 11.4 Å². The summed E-state index contributed by atoms with van der Waals surface area (Å²) in [5.41, 5.74) is 8.34. The molecule has 2 aromatic carbocycles. The molecule has 0 bridgehead atoms. The van der Waals surface area contributed by atoms with Gasteiger partial charge in [-0.3, -0.25) is 9.59 Å². The Morgan fingerprint density at radius 1 is 1.12 bits per heavy atom. The van der Waals surface area contributed by atoms with Gasteiger partial charge in [-0.15, -0.1) is 0 Å². The molecule has 0 aromatic heterocycles. The van der Waals surface area contributed by atoms with E-state index in [1.165, 1.54) is 0 Å². The number of aryl methyl sites for hydroxylation is 1. The molecular weight excluding hydrogens is 318 g/mol. The van der Waals surface area contributed by atoms with Crippen LogP contribution in [0.3, 0.4) is 0 Å². The molecule has 6 nitrogen and oxygen atoms in total. The third kappa shape index (κ3) is 5.93. The maximum Gasteiger partial charge on any atom is 0.253 e. The number of hydrogen-bond donors (Lipinski definition) is 3. The molecule has 0 saturated heterocycles. The minimum atomic E-state index is -0.246. The minimum Gasteiger partial charge on any atom is -0.399 e. The molecule has 0 atom stereocenters. The maximum absolute atomic E-state index is 12.2. The Morgan fingerprint density at radius 2 is 1.92 bits per heavy atom. The fraction of sp³-hybridized carbons (Fsp3) is 0.263. The highest BCUT2D eigenvalue weighted by atomic mass is 16.5. The number of nitrogen functional groups attached to an aromatic ring is 1. The fourth-order valence-electron chi connectivity index (χ4n) is 2.37. The van der Waals surface area contributed by atoms with E-state index < -0.39 is 0 Å². The van der Waals surface area contributed by atoms with Gasteiger partial charge in [0.15, 0.2) is 0 Å². The first-order valence-electron chi connectivity index (χ1n) is 8.10. The Kier molecular flexibility index (Phi) is 6.98. The van der Waals surface area contributed by atoms with Gasteiger partial charge in [0.1, 0.15) is 0 Å². The number of benzene rings is 2. The monoisotopic (exact) mass is 341 g/mol. The molecule has 0 aliphatic carbocycles. The highest BCUT2D eigenvalue weighted by Crippen LogP contribution is 2.16. The molecule has 0 radical (unpaired) electrons. The molecule has 0 unspecified atom stereocenters. The van der Waals surface area contributed by atoms with Crippen molar-refractivity contribution in [2.75, 3.05) is 31.3 Å². The van der Waals surface area contributed by atoms with Gasteiger partial charge >= 0.3 is 0 Å². The van der Waals surface area contributed by atoms with Gasteiger partial charge in [0, 0.05) is 25.8 Å². The lowest BCUT2D eigenvalue weighted by Gasteiger charge is -2.11. The van der Waals surface area contributed by atoms with Crippen LogP contribution in [0.1, 0.15) is 22.3 Å². The molecule has 132 valence electrons. The number of amides is 2. The van der Waals surface area contributed by atoms with Crippen molar-refractivity contribution < 1.29 is 14.3 Å². The number of rotatable bonds is 8. The summed E-state index contributed by atoms with van der Waals surface area (Å²) >= 11 is 0. The largest absolute Gasteiger partial charge is 0.399 e. The maximum atomic E-state index is 12.2. The second-order valence-electron chi connectivity index (χ2n) is 5.59. The topological polar surface area (TPSA) is 93.5 Å². The van der Waals surface area contributed by atoms with Crippen LogP contribution in [0.5, 0.6) is 0 Å². The highest BCUT2D eigenvalue weighted by Gasteiger charge is 2.12. The summed E-state index contributed by atoms with van der Waals surface area (Å²) in [6, 6.07) is 14.4. The Labute approximate surface area is 147 Å². The standard InChI is InChI=1S/C19H23N3O3/c1-25-12-11-21-19(24)16-7-2-3-8-17(16)22-18(23)10-9-14-5-4-6-15(20)13-14/h2-8,13H,9-12,20H2,1H3,(H,21,24)(H,22,23). The first kappa shape index (κ1) is 18.5. The van der Waals surface area contributed by atoms with Crippen LogP contribution in [-0.2, 0) is 16.0 Å². The molecule has 0 heterocycles. The molecular formula is C19H23N3O3. The summed E-state index contributed by atoms with van der Waals surface area (Å²) in [5, 5.41) is 5.55. The van der Waals surface area contributed by atoms with E-state index in [1.54, 1.807) is 31.4 Å². The van der Waals surface area contributed by atoms with Gasteiger partial charge < -0.3 is 21.1 Å². The van der Waals surface area contributed by atoms with Gasteiger partial charge in [-0.1, -0.05) is 24.3 Å². The second-order valence-corrected chi connectivity index (χ2v) is 5.59. The lowest BCUT2D eigenvalue weighted by Crippen LogP contribution is -2.28. The summed E-state index contributed by atoms with van der Waals surface area (Å²) in [7, 11) is 1.57. The number of nitrogens with two attached hydrogens (primary N) is 1. The summed E-state index contributed by atoms with van der Waals surface area (Å²) in [6.07, 6.45) is 0.891. The molecule has 4 N–H and O–H groups in total. The molecule has 0 aliphatic heterocycles.